The van der Waals surface area contributed by atoms with Crippen LogP contribution in [0.5, 0.6) is 0 Å². The van der Waals surface area contributed by atoms with Gasteiger partial charge in [0.25, 0.3) is 0 Å². The second-order valence-corrected chi connectivity index (χ2v) is 7.17. The van der Waals surface area contributed by atoms with Gasteiger partial charge in [0.2, 0.25) is 5.91 Å². The maximum atomic E-state index is 12.2. The Morgan fingerprint density at radius 3 is 2.70 bits per heavy atom. The highest BCUT2D eigenvalue weighted by Gasteiger charge is 2.23. The number of rotatable bonds is 7. The van der Waals surface area contributed by atoms with Crippen LogP contribution in [0.4, 0.5) is 0 Å². The summed E-state index contributed by atoms with van der Waals surface area (Å²) < 4.78 is 5.09. The molecule has 0 aliphatic heterocycles. The van der Waals surface area contributed by atoms with Crippen molar-refractivity contribution in [1.29, 1.82) is 0 Å². The summed E-state index contributed by atoms with van der Waals surface area (Å²) in [7, 11) is 3.51. The van der Waals surface area contributed by atoms with Gasteiger partial charge in [0.15, 0.2) is 0 Å². The first kappa shape index (κ1) is 17.1. The third kappa shape index (κ3) is 6.03. The van der Waals surface area contributed by atoms with Crippen molar-refractivity contribution >= 4 is 17.2 Å². The van der Waals surface area contributed by atoms with Gasteiger partial charge in [0.05, 0.1) is 19.2 Å². The van der Waals surface area contributed by atoms with Gasteiger partial charge in [-0.3, -0.25) is 4.79 Å². The molecule has 0 aromatic carbocycles. The van der Waals surface area contributed by atoms with E-state index in [1.165, 1.54) is 0 Å². The van der Waals surface area contributed by atoms with Crippen LogP contribution < -0.4 is 10.6 Å². The predicted molar refractivity (Wildman–Crippen MR) is 83.8 cm³/mol. The number of likely N-dealkylation sites (N-methyl/N-ethyl adjacent to an activating group) is 1. The first-order chi connectivity index (χ1) is 9.35. The first-order valence-electron chi connectivity index (χ1n) is 6.86. The number of carbonyl (C=O) groups excluding carboxylic acids is 1. The highest BCUT2D eigenvalue weighted by molar-refractivity contribution is 7.10. The van der Waals surface area contributed by atoms with E-state index >= 15 is 0 Å². The summed E-state index contributed by atoms with van der Waals surface area (Å²) in [5.41, 5.74) is 1.28. The zero-order valence-electron chi connectivity index (χ0n) is 13.1. The number of hydrogen-bond donors (Lipinski definition) is 2. The van der Waals surface area contributed by atoms with E-state index in [4.69, 9.17) is 4.74 Å². The fourth-order valence-electron chi connectivity index (χ4n) is 2.00. The molecule has 1 heterocycles. The molecular formula is C15H26N2O2S. The van der Waals surface area contributed by atoms with Crippen molar-refractivity contribution in [3.63, 3.8) is 0 Å². The van der Waals surface area contributed by atoms with Gasteiger partial charge in [-0.15, -0.1) is 11.3 Å². The Hall–Kier alpha value is -0.910. The Morgan fingerprint density at radius 1 is 1.45 bits per heavy atom. The summed E-state index contributed by atoms with van der Waals surface area (Å²) in [6, 6.07) is 1.93. The molecule has 1 atom stereocenters. The van der Waals surface area contributed by atoms with Crippen molar-refractivity contribution in [3.05, 3.63) is 21.9 Å². The van der Waals surface area contributed by atoms with Crippen LogP contribution in [-0.2, 0) is 22.7 Å². The highest BCUT2D eigenvalue weighted by atomic mass is 32.1. The van der Waals surface area contributed by atoms with Crippen LogP contribution in [0.3, 0.4) is 0 Å². The molecule has 0 radical (unpaired) electrons. The maximum Gasteiger partial charge on any atom is 0.237 e. The fourth-order valence-corrected chi connectivity index (χ4v) is 2.81. The first-order valence-corrected chi connectivity index (χ1v) is 7.74. The third-order valence-corrected chi connectivity index (χ3v) is 3.92. The lowest BCUT2D eigenvalue weighted by Crippen LogP contribution is -2.44. The Morgan fingerprint density at radius 2 is 2.15 bits per heavy atom. The zero-order valence-corrected chi connectivity index (χ0v) is 13.9. The second-order valence-electron chi connectivity index (χ2n) is 6.18. The molecule has 0 spiro atoms. The van der Waals surface area contributed by atoms with E-state index in [2.05, 4.69) is 42.9 Å². The van der Waals surface area contributed by atoms with Crippen LogP contribution in [0.15, 0.2) is 11.4 Å². The smallest absolute Gasteiger partial charge is 0.237 e. The molecular weight excluding hydrogens is 272 g/mol. The summed E-state index contributed by atoms with van der Waals surface area (Å²) in [6.45, 7) is 7.62. The van der Waals surface area contributed by atoms with Crippen LogP contribution in [0, 0.1) is 5.41 Å². The number of amides is 1. The highest BCUT2D eigenvalue weighted by Crippen LogP contribution is 2.21. The molecule has 0 fully saturated rings. The van der Waals surface area contributed by atoms with Crippen molar-refractivity contribution in [2.24, 2.45) is 5.41 Å². The third-order valence-electron chi connectivity index (χ3n) is 2.94. The van der Waals surface area contributed by atoms with E-state index < -0.39 is 0 Å². The molecule has 1 aromatic heterocycles. The normalized spacial score (nSPS) is 13.2. The summed E-state index contributed by atoms with van der Waals surface area (Å²) in [6.07, 6.45) is 0.814. The minimum Gasteiger partial charge on any atom is -0.380 e. The Kier molecular flexibility index (Phi) is 6.65. The van der Waals surface area contributed by atoms with Crippen LogP contribution >= 0.6 is 11.3 Å². The van der Waals surface area contributed by atoms with Crippen molar-refractivity contribution in [2.45, 2.75) is 46.4 Å². The summed E-state index contributed by atoms with van der Waals surface area (Å²) >= 11 is 1.65. The predicted octanol–water partition coefficient (Wildman–Crippen LogP) is 2.53. The van der Waals surface area contributed by atoms with Gasteiger partial charge in [0.1, 0.15) is 0 Å². The Labute approximate surface area is 125 Å². The molecule has 0 saturated carbocycles. The van der Waals surface area contributed by atoms with Crippen LogP contribution in [0.25, 0.3) is 0 Å². The molecule has 1 aromatic rings. The van der Waals surface area contributed by atoms with Crippen molar-refractivity contribution in [2.75, 3.05) is 14.2 Å². The topological polar surface area (TPSA) is 50.4 Å². The monoisotopic (exact) mass is 298 g/mol. The second kappa shape index (κ2) is 7.76. The number of nitrogens with one attached hydrogen (secondary N) is 2. The average molecular weight is 298 g/mol. The molecule has 1 unspecified atom stereocenters. The van der Waals surface area contributed by atoms with E-state index in [9.17, 15) is 4.79 Å². The lowest BCUT2D eigenvalue weighted by molar-refractivity contribution is -0.123. The van der Waals surface area contributed by atoms with Gasteiger partial charge < -0.3 is 15.4 Å². The van der Waals surface area contributed by atoms with Crippen molar-refractivity contribution in [3.8, 4) is 0 Å². The number of methoxy groups -OCH3 is 1. The van der Waals surface area contributed by atoms with E-state index in [0.717, 1.165) is 16.9 Å². The van der Waals surface area contributed by atoms with E-state index in [1.54, 1.807) is 18.4 Å². The van der Waals surface area contributed by atoms with Crippen molar-refractivity contribution < 1.29 is 9.53 Å². The van der Waals surface area contributed by atoms with E-state index in [-0.39, 0.29) is 17.4 Å². The molecule has 0 aliphatic carbocycles. The molecule has 0 saturated heterocycles. The fraction of sp³-hybridized carbons (Fsp3) is 0.667. The van der Waals surface area contributed by atoms with Gasteiger partial charge in [0, 0.05) is 12.0 Å². The van der Waals surface area contributed by atoms with Crippen LogP contribution in [0.2, 0.25) is 0 Å². The van der Waals surface area contributed by atoms with Crippen molar-refractivity contribution in [1.82, 2.24) is 10.6 Å². The molecule has 0 bridgehead atoms. The number of carbonyl (C=O) groups is 1. The van der Waals surface area contributed by atoms with Gasteiger partial charge in [-0.2, -0.15) is 0 Å². The Bertz CT molecular complexity index is 424. The molecule has 0 aliphatic rings. The maximum absolute atomic E-state index is 12.2. The largest absolute Gasteiger partial charge is 0.380 e. The molecule has 5 heteroatoms. The standard InChI is InChI=1S/C15H26N2O2S/c1-15(2,3)7-13(16-4)14(18)17-8-12-6-11(9-19-5)10-20-12/h6,10,13,16H,7-9H2,1-5H3,(H,17,18). The average Bonchev–Trinajstić information content (AvgIpc) is 2.80. The van der Waals surface area contributed by atoms with Gasteiger partial charge in [-0.05, 0) is 35.9 Å². The lowest BCUT2D eigenvalue weighted by atomic mass is 9.88. The molecule has 2 N–H and O–H groups in total. The van der Waals surface area contributed by atoms with Crippen LogP contribution in [-0.4, -0.2) is 26.1 Å². The molecule has 1 amide bonds. The molecule has 20 heavy (non-hydrogen) atoms. The molecule has 1 rings (SSSR count). The summed E-state index contributed by atoms with van der Waals surface area (Å²) in [5.74, 6) is 0.0594. The lowest BCUT2D eigenvalue weighted by Gasteiger charge is -2.24. The van der Waals surface area contributed by atoms with E-state index in [1.807, 2.05) is 7.05 Å². The van der Waals surface area contributed by atoms with E-state index in [0.29, 0.717) is 13.2 Å². The van der Waals surface area contributed by atoms with Gasteiger partial charge in [-0.1, -0.05) is 20.8 Å². The number of hydrogen-bond acceptors (Lipinski definition) is 4. The minimum absolute atomic E-state index is 0.0594. The SMILES string of the molecule is CNC(CC(C)(C)C)C(=O)NCc1cc(COC)cs1. The number of ether oxygens (including phenoxy) is 1. The quantitative estimate of drug-likeness (QED) is 0.813. The Balaban J connectivity index is 2.48. The van der Waals surface area contributed by atoms with Gasteiger partial charge in [-0.25, -0.2) is 0 Å². The summed E-state index contributed by atoms with van der Waals surface area (Å²) in [4.78, 5) is 13.3. The zero-order chi connectivity index (χ0) is 15.2. The number of thiophene rings is 1. The minimum atomic E-state index is -0.145. The molecule has 114 valence electrons. The molecule has 4 nitrogen and oxygen atoms in total. The summed E-state index contributed by atoms with van der Waals surface area (Å²) in [5, 5.41) is 8.15. The van der Waals surface area contributed by atoms with Crippen LogP contribution in [0.1, 0.15) is 37.6 Å². The van der Waals surface area contributed by atoms with Gasteiger partial charge >= 0.3 is 0 Å².